The number of nitrogens with one attached hydrogen (secondary N) is 1. The Morgan fingerprint density at radius 2 is 1.71 bits per heavy atom. The number of amides is 1. The smallest absolute Gasteiger partial charge is 0.251 e. The summed E-state index contributed by atoms with van der Waals surface area (Å²) < 4.78 is 0. The second-order valence-corrected chi connectivity index (χ2v) is 11.5. The lowest BCUT2D eigenvalue weighted by Crippen LogP contribution is -2.43. The van der Waals surface area contributed by atoms with Gasteiger partial charge in [-0.15, -0.1) is 11.8 Å². The maximum Gasteiger partial charge on any atom is 0.251 e. The third-order valence-corrected chi connectivity index (χ3v) is 9.63. The molecule has 3 aromatic carbocycles. The molecule has 2 aliphatic heterocycles. The first kappa shape index (κ1) is 24.7. The Kier molecular flexibility index (Phi) is 7.74. The average Bonchev–Trinajstić information content (AvgIpc) is 3.25. The van der Waals surface area contributed by atoms with Crippen LogP contribution in [0.3, 0.4) is 0 Å². The minimum atomic E-state index is -0.0482. The van der Waals surface area contributed by atoms with Crippen LogP contribution >= 0.6 is 35.0 Å². The summed E-state index contributed by atoms with van der Waals surface area (Å²) in [6.45, 7) is 3.78. The molecule has 3 aromatic rings. The van der Waals surface area contributed by atoms with Gasteiger partial charge in [-0.3, -0.25) is 4.79 Å². The minimum Gasteiger partial charge on any atom is -0.351 e. The van der Waals surface area contributed by atoms with Gasteiger partial charge in [0.2, 0.25) is 0 Å². The van der Waals surface area contributed by atoms with E-state index in [0.29, 0.717) is 27.6 Å². The van der Waals surface area contributed by atoms with Crippen LogP contribution < -0.4 is 5.32 Å². The SMILES string of the molecule is O=C(NC[C@@H](CCN1CCC2(CC1)CSc1ccccc12)c1ccc(Cl)c(Cl)c1)c1ccccc1. The largest absolute Gasteiger partial charge is 0.351 e. The summed E-state index contributed by atoms with van der Waals surface area (Å²) in [5, 5.41) is 4.24. The molecule has 0 saturated carbocycles. The van der Waals surface area contributed by atoms with E-state index >= 15 is 0 Å². The molecular formula is C29H30Cl2N2OS. The number of hydrogen-bond acceptors (Lipinski definition) is 3. The van der Waals surface area contributed by atoms with Crippen molar-refractivity contribution in [3.05, 3.63) is 99.5 Å². The number of fused-ring (bicyclic) bond motifs is 2. The number of likely N-dealkylation sites (tertiary alicyclic amines) is 1. The van der Waals surface area contributed by atoms with Crippen LogP contribution in [0.2, 0.25) is 10.0 Å². The van der Waals surface area contributed by atoms with Crippen LogP contribution in [0.15, 0.2) is 77.7 Å². The summed E-state index contributed by atoms with van der Waals surface area (Å²) >= 11 is 14.5. The van der Waals surface area contributed by atoms with E-state index in [0.717, 1.165) is 31.6 Å². The number of halogens is 2. The Bertz CT molecular complexity index is 1180. The predicted molar refractivity (Wildman–Crippen MR) is 147 cm³/mol. The lowest BCUT2D eigenvalue weighted by molar-refractivity contribution is 0.0949. The first-order chi connectivity index (χ1) is 17.0. The zero-order valence-corrected chi connectivity index (χ0v) is 22.0. The Morgan fingerprint density at radius 3 is 2.49 bits per heavy atom. The van der Waals surface area contributed by atoms with E-state index in [1.165, 1.54) is 23.5 Å². The molecule has 1 amide bonds. The number of thioether (sulfide) groups is 1. The number of carbonyl (C=O) groups is 1. The molecule has 2 aliphatic rings. The summed E-state index contributed by atoms with van der Waals surface area (Å²) in [6.07, 6.45) is 3.36. The highest BCUT2D eigenvalue weighted by Gasteiger charge is 2.41. The van der Waals surface area contributed by atoms with Crippen molar-refractivity contribution in [1.82, 2.24) is 10.2 Å². The van der Waals surface area contributed by atoms with Gasteiger partial charge in [0.1, 0.15) is 0 Å². The van der Waals surface area contributed by atoms with Gasteiger partial charge in [0.15, 0.2) is 0 Å². The second-order valence-electron chi connectivity index (χ2n) is 9.64. The van der Waals surface area contributed by atoms with Gasteiger partial charge in [0.05, 0.1) is 10.0 Å². The number of benzene rings is 3. The first-order valence-corrected chi connectivity index (χ1v) is 14.0. The van der Waals surface area contributed by atoms with Gasteiger partial charge in [-0.2, -0.15) is 0 Å². The molecule has 6 heteroatoms. The van der Waals surface area contributed by atoms with Gasteiger partial charge in [-0.05, 0) is 80.4 Å². The summed E-state index contributed by atoms with van der Waals surface area (Å²) in [5.74, 6) is 1.32. The fourth-order valence-electron chi connectivity index (χ4n) is 5.34. The fourth-order valence-corrected chi connectivity index (χ4v) is 7.14. The molecule has 1 atom stereocenters. The van der Waals surface area contributed by atoms with Crippen LogP contribution in [0, 0.1) is 0 Å². The van der Waals surface area contributed by atoms with E-state index in [9.17, 15) is 4.79 Å². The monoisotopic (exact) mass is 524 g/mol. The molecule has 35 heavy (non-hydrogen) atoms. The maximum absolute atomic E-state index is 12.7. The minimum absolute atomic E-state index is 0.0482. The summed E-state index contributed by atoms with van der Waals surface area (Å²) in [4.78, 5) is 16.7. The Balaban J connectivity index is 1.22. The van der Waals surface area contributed by atoms with Crippen molar-refractivity contribution in [3.8, 4) is 0 Å². The highest BCUT2D eigenvalue weighted by atomic mass is 35.5. The van der Waals surface area contributed by atoms with Crippen LogP contribution in [0.1, 0.15) is 46.7 Å². The fraction of sp³-hybridized carbons (Fsp3) is 0.345. The van der Waals surface area contributed by atoms with Crippen LogP contribution in [0.25, 0.3) is 0 Å². The topological polar surface area (TPSA) is 32.3 Å². The van der Waals surface area contributed by atoms with Gasteiger partial charge in [0, 0.05) is 34.1 Å². The molecule has 1 fully saturated rings. The van der Waals surface area contributed by atoms with E-state index in [1.807, 2.05) is 60.3 Å². The molecular weight excluding hydrogens is 495 g/mol. The van der Waals surface area contributed by atoms with Crippen molar-refractivity contribution in [3.63, 3.8) is 0 Å². The highest BCUT2D eigenvalue weighted by Crippen LogP contribution is 2.49. The summed E-state index contributed by atoms with van der Waals surface area (Å²) in [5.41, 5.74) is 3.69. The third kappa shape index (κ3) is 5.56. The maximum atomic E-state index is 12.7. The molecule has 2 heterocycles. The molecule has 1 spiro atoms. The van der Waals surface area contributed by atoms with Gasteiger partial charge in [0.25, 0.3) is 5.91 Å². The van der Waals surface area contributed by atoms with E-state index < -0.39 is 0 Å². The number of nitrogens with zero attached hydrogens (tertiary/aromatic N) is 1. The normalized spacial score (nSPS) is 17.8. The highest BCUT2D eigenvalue weighted by molar-refractivity contribution is 7.99. The molecule has 3 nitrogen and oxygen atoms in total. The molecule has 0 radical (unpaired) electrons. The standard InChI is InChI=1S/C29H30Cl2N2OS/c30-25-11-10-22(18-26(25)31)23(19-32-28(34)21-6-2-1-3-7-21)12-15-33-16-13-29(14-17-33)20-35-27-9-5-4-8-24(27)29/h1-11,18,23H,12-17,19-20H2,(H,32,34)/t23-/m1/s1. The predicted octanol–water partition coefficient (Wildman–Crippen LogP) is 7.04. The molecule has 0 bridgehead atoms. The first-order valence-electron chi connectivity index (χ1n) is 12.3. The van der Waals surface area contributed by atoms with Crippen molar-refractivity contribution < 1.29 is 4.79 Å². The number of carbonyl (C=O) groups excluding carboxylic acids is 1. The molecule has 0 aromatic heterocycles. The number of hydrogen-bond donors (Lipinski definition) is 1. The zero-order chi connectivity index (χ0) is 24.3. The van der Waals surface area contributed by atoms with Gasteiger partial charge in [-0.1, -0.05) is 65.7 Å². The van der Waals surface area contributed by atoms with E-state index in [4.69, 9.17) is 23.2 Å². The number of piperidine rings is 1. The third-order valence-electron chi connectivity index (χ3n) is 7.53. The molecule has 0 unspecified atom stereocenters. The van der Waals surface area contributed by atoms with Crippen molar-refractivity contribution >= 4 is 40.9 Å². The quantitative estimate of drug-likeness (QED) is 0.359. The molecule has 0 aliphatic carbocycles. The van der Waals surface area contributed by atoms with Gasteiger partial charge in [-0.25, -0.2) is 0 Å². The lowest BCUT2D eigenvalue weighted by atomic mass is 9.74. The number of rotatable bonds is 7. The second kappa shape index (κ2) is 11.0. The van der Waals surface area contributed by atoms with Gasteiger partial charge >= 0.3 is 0 Å². The molecule has 1 saturated heterocycles. The van der Waals surface area contributed by atoms with E-state index in [1.54, 1.807) is 5.56 Å². The summed E-state index contributed by atoms with van der Waals surface area (Å²) in [7, 11) is 0. The molecule has 5 rings (SSSR count). The van der Waals surface area contributed by atoms with Crippen molar-refractivity contribution in [1.29, 1.82) is 0 Å². The Morgan fingerprint density at radius 1 is 0.971 bits per heavy atom. The van der Waals surface area contributed by atoms with Crippen LogP contribution in [-0.4, -0.2) is 42.7 Å². The van der Waals surface area contributed by atoms with Crippen molar-refractivity contribution in [2.24, 2.45) is 0 Å². The van der Waals surface area contributed by atoms with Gasteiger partial charge < -0.3 is 10.2 Å². The average molecular weight is 526 g/mol. The van der Waals surface area contributed by atoms with Crippen molar-refractivity contribution in [2.75, 3.05) is 31.9 Å². The van der Waals surface area contributed by atoms with E-state index in [2.05, 4.69) is 34.5 Å². The molecule has 182 valence electrons. The Hall–Kier alpha value is -1.98. The van der Waals surface area contributed by atoms with Crippen LogP contribution in [0.4, 0.5) is 0 Å². The molecule has 1 N–H and O–H groups in total. The van der Waals surface area contributed by atoms with Crippen LogP contribution in [0.5, 0.6) is 0 Å². The zero-order valence-electron chi connectivity index (χ0n) is 19.7. The van der Waals surface area contributed by atoms with Crippen LogP contribution in [-0.2, 0) is 5.41 Å². The van der Waals surface area contributed by atoms with E-state index in [-0.39, 0.29) is 11.8 Å². The lowest BCUT2D eigenvalue weighted by Gasteiger charge is -2.40. The van der Waals surface area contributed by atoms with Crippen molar-refractivity contribution in [2.45, 2.75) is 35.5 Å². The Labute approximate surface area is 222 Å². The summed E-state index contributed by atoms with van der Waals surface area (Å²) in [6, 6.07) is 24.1.